The number of aliphatic imine (C=N–C) groups is 1. The van der Waals surface area contributed by atoms with E-state index in [1.165, 1.54) is 12.8 Å². The standard InChI is InChI=1S/C6H13N3.H2O4S/c7-6(8)9-4-3-5-1-2-5;1-5(2,3)4/h5H,1-4H2,(H4,7,8,9);(H2,1,2,3,4). The summed E-state index contributed by atoms with van der Waals surface area (Å²) in [6.07, 6.45) is 3.91. The predicted octanol–water partition coefficient (Wildman–Crippen LogP) is -0.593. The van der Waals surface area contributed by atoms with E-state index in [1.54, 1.807) is 0 Å². The first-order chi connectivity index (χ1) is 6.29. The van der Waals surface area contributed by atoms with Gasteiger partial charge in [0.2, 0.25) is 0 Å². The number of nitrogens with zero attached hydrogens (tertiary/aromatic N) is 1. The Morgan fingerprint density at radius 3 is 2.07 bits per heavy atom. The Balaban J connectivity index is 0.000000292. The van der Waals surface area contributed by atoms with Crippen LogP contribution in [-0.4, -0.2) is 30.0 Å². The summed E-state index contributed by atoms with van der Waals surface area (Å²) in [6.45, 7) is 0.812. The maximum Gasteiger partial charge on any atom is 0.394 e. The molecular weight excluding hydrogens is 210 g/mol. The normalized spacial score (nSPS) is 15.3. The van der Waals surface area contributed by atoms with Crippen molar-refractivity contribution in [2.75, 3.05) is 6.54 Å². The van der Waals surface area contributed by atoms with Crippen molar-refractivity contribution in [3.8, 4) is 0 Å². The van der Waals surface area contributed by atoms with Crippen molar-refractivity contribution >= 4 is 16.4 Å². The molecule has 84 valence electrons. The minimum Gasteiger partial charge on any atom is -0.370 e. The first-order valence-electron chi connectivity index (χ1n) is 4.04. The Hall–Kier alpha value is -0.860. The Bertz CT molecular complexity index is 271. The monoisotopic (exact) mass is 225 g/mol. The summed E-state index contributed by atoms with van der Waals surface area (Å²) < 4.78 is 31.6. The van der Waals surface area contributed by atoms with E-state index in [9.17, 15) is 0 Å². The molecule has 0 unspecified atom stereocenters. The zero-order valence-electron chi connectivity index (χ0n) is 7.63. The fourth-order valence-corrected chi connectivity index (χ4v) is 0.783. The van der Waals surface area contributed by atoms with E-state index in [1.807, 2.05) is 0 Å². The van der Waals surface area contributed by atoms with Crippen LogP contribution >= 0.6 is 0 Å². The highest BCUT2D eigenvalue weighted by atomic mass is 32.3. The van der Waals surface area contributed by atoms with Gasteiger partial charge in [0.25, 0.3) is 0 Å². The lowest BCUT2D eigenvalue weighted by Gasteiger charge is -1.91. The van der Waals surface area contributed by atoms with Crippen LogP contribution in [0.2, 0.25) is 0 Å². The summed E-state index contributed by atoms with van der Waals surface area (Å²) in [5.41, 5.74) is 10.3. The molecule has 0 aromatic carbocycles. The molecule has 6 N–H and O–H groups in total. The van der Waals surface area contributed by atoms with Gasteiger partial charge in [0.15, 0.2) is 5.96 Å². The Morgan fingerprint density at radius 2 is 1.79 bits per heavy atom. The highest BCUT2D eigenvalue weighted by molar-refractivity contribution is 7.79. The summed E-state index contributed by atoms with van der Waals surface area (Å²) in [6, 6.07) is 0. The average Bonchev–Trinajstić information content (AvgIpc) is 2.65. The molecule has 0 amide bonds. The molecule has 1 saturated carbocycles. The Morgan fingerprint density at radius 1 is 1.36 bits per heavy atom. The van der Waals surface area contributed by atoms with Gasteiger partial charge < -0.3 is 11.5 Å². The topological polar surface area (TPSA) is 139 Å². The molecule has 0 aliphatic heterocycles. The number of nitrogens with two attached hydrogens (primary N) is 2. The van der Waals surface area contributed by atoms with E-state index < -0.39 is 10.4 Å². The molecule has 1 rings (SSSR count). The van der Waals surface area contributed by atoms with Gasteiger partial charge >= 0.3 is 10.4 Å². The van der Waals surface area contributed by atoms with E-state index >= 15 is 0 Å². The smallest absolute Gasteiger partial charge is 0.370 e. The molecule has 14 heavy (non-hydrogen) atoms. The first-order valence-corrected chi connectivity index (χ1v) is 5.44. The average molecular weight is 225 g/mol. The predicted molar refractivity (Wildman–Crippen MR) is 52.2 cm³/mol. The third-order valence-corrected chi connectivity index (χ3v) is 1.53. The van der Waals surface area contributed by atoms with Gasteiger partial charge in [-0.05, 0) is 12.3 Å². The lowest BCUT2D eigenvalue weighted by molar-refractivity contribution is 0.381. The van der Waals surface area contributed by atoms with Gasteiger partial charge in [-0.1, -0.05) is 12.8 Å². The van der Waals surface area contributed by atoms with E-state index in [0.29, 0.717) is 0 Å². The number of guanidine groups is 1. The number of hydrogen-bond acceptors (Lipinski definition) is 3. The maximum absolute atomic E-state index is 8.74. The van der Waals surface area contributed by atoms with Crippen molar-refractivity contribution < 1.29 is 17.5 Å². The first kappa shape index (κ1) is 13.1. The molecule has 0 spiro atoms. The minimum absolute atomic E-state index is 0.218. The molecule has 1 aliphatic rings. The van der Waals surface area contributed by atoms with E-state index in [0.717, 1.165) is 18.9 Å². The third-order valence-electron chi connectivity index (χ3n) is 1.53. The van der Waals surface area contributed by atoms with Crippen LogP contribution in [0.15, 0.2) is 4.99 Å². The van der Waals surface area contributed by atoms with Gasteiger partial charge in [-0.25, -0.2) is 0 Å². The van der Waals surface area contributed by atoms with Crippen molar-refractivity contribution in [1.29, 1.82) is 0 Å². The fourth-order valence-electron chi connectivity index (χ4n) is 0.783. The Labute approximate surface area is 82.8 Å². The van der Waals surface area contributed by atoms with Gasteiger partial charge in [-0.15, -0.1) is 0 Å². The van der Waals surface area contributed by atoms with E-state index in [4.69, 9.17) is 29.0 Å². The third kappa shape index (κ3) is 17.3. The number of rotatable bonds is 3. The highest BCUT2D eigenvalue weighted by Gasteiger charge is 2.19. The summed E-state index contributed by atoms with van der Waals surface area (Å²) in [4.78, 5) is 3.88. The van der Waals surface area contributed by atoms with Crippen LogP contribution < -0.4 is 11.5 Å². The second-order valence-electron chi connectivity index (χ2n) is 2.99. The van der Waals surface area contributed by atoms with Gasteiger partial charge in [0.05, 0.1) is 0 Å². The molecule has 1 aliphatic carbocycles. The van der Waals surface area contributed by atoms with Crippen LogP contribution in [0.5, 0.6) is 0 Å². The summed E-state index contributed by atoms with van der Waals surface area (Å²) in [7, 11) is -4.67. The van der Waals surface area contributed by atoms with Crippen molar-refractivity contribution in [3.05, 3.63) is 0 Å². The van der Waals surface area contributed by atoms with Crippen molar-refractivity contribution in [3.63, 3.8) is 0 Å². The second-order valence-corrected chi connectivity index (χ2v) is 3.88. The number of hydrogen-bond donors (Lipinski definition) is 4. The van der Waals surface area contributed by atoms with Gasteiger partial charge in [0, 0.05) is 6.54 Å². The summed E-state index contributed by atoms with van der Waals surface area (Å²) >= 11 is 0. The molecular formula is C6H15N3O4S. The zero-order chi connectivity index (χ0) is 11.2. The Kier molecular flexibility index (Phi) is 5.43. The largest absolute Gasteiger partial charge is 0.394 e. The van der Waals surface area contributed by atoms with Crippen molar-refractivity contribution in [1.82, 2.24) is 0 Å². The molecule has 7 nitrogen and oxygen atoms in total. The van der Waals surface area contributed by atoms with Crippen LogP contribution in [0.1, 0.15) is 19.3 Å². The van der Waals surface area contributed by atoms with Crippen molar-refractivity contribution in [2.45, 2.75) is 19.3 Å². The van der Waals surface area contributed by atoms with Crippen LogP contribution in [-0.2, 0) is 10.4 Å². The molecule has 0 atom stereocenters. The molecule has 0 aromatic heterocycles. The lowest BCUT2D eigenvalue weighted by Crippen LogP contribution is -2.22. The minimum atomic E-state index is -4.67. The van der Waals surface area contributed by atoms with E-state index in [2.05, 4.69) is 4.99 Å². The SMILES string of the molecule is NC(N)=NCCC1CC1.O=S(=O)(O)O. The van der Waals surface area contributed by atoms with Gasteiger partial charge in [0.1, 0.15) is 0 Å². The zero-order valence-corrected chi connectivity index (χ0v) is 8.44. The van der Waals surface area contributed by atoms with Crippen LogP contribution in [0, 0.1) is 5.92 Å². The highest BCUT2D eigenvalue weighted by Crippen LogP contribution is 2.31. The van der Waals surface area contributed by atoms with Gasteiger partial charge in [-0.2, -0.15) is 8.42 Å². The summed E-state index contributed by atoms with van der Waals surface area (Å²) in [5.74, 6) is 1.14. The molecule has 0 aromatic rings. The van der Waals surface area contributed by atoms with E-state index in [-0.39, 0.29) is 5.96 Å². The second kappa shape index (κ2) is 5.78. The van der Waals surface area contributed by atoms with Crippen LogP contribution in [0.3, 0.4) is 0 Å². The van der Waals surface area contributed by atoms with Crippen molar-refractivity contribution in [2.24, 2.45) is 22.4 Å². The molecule has 0 heterocycles. The molecule has 0 saturated heterocycles. The van der Waals surface area contributed by atoms with Gasteiger partial charge in [-0.3, -0.25) is 14.1 Å². The molecule has 0 bridgehead atoms. The summed E-state index contributed by atoms with van der Waals surface area (Å²) in [5, 5.41) is 0. The maximum atomic E-state index is 8.74. The van der Waals surface area contributed by atoms with Crippen LogP contribution in [0.4, 0.5) is 0 Å². The molecule has 8 heteroatoms. The molecule has 1 fully saturated rings. The lowest BCUT2D eigenvalue weighted by atomic mass is 10.3. The van der Waals surface area contributed by atoms with Crippen LogP contribution in [0.25, 0.3) is 0 Å². The quantitative estimate of drug-likeness (QED) is 0.287. The fraction of sp³-hybridized carbons (Fsp3) is 0.833. The molecule has 0 radical (unpaired) electrons.